The summed E-state index contributed by atoms with van der Waals surface area (Å²) in [7, 11) is 0. The summed E-state index contributed by atoms with van der Waals surface area (Å²) < 4.78 is 0. The lowest BCUT2D eigenvalue weighted by Crippen LogP contribution is -2.01. The third kappa shape index (κ3) is 4.94. The van der Waals surface area contributed by atoms with Crippen molar-refractivity contribution < 1.29 is 0 Å². The summed E-state index contributed by atoms with van der Waals surface area (Å²) in [6.45, 7) is 3.96. The molecule has 0 aliphatic heterocycles. The summed E-state index contributed by atoms with van der Waals surface area (Å²) in [6.07, 6.45) is 6.44. The van der Waals surface area contributed by atoms with Crippen LogP contribution in [0.4, 0.5) is 0 Å². The van der Waals surface area contributed by atoms with Crippen molar-refractivity contribution in [1.29, 1.82) is 0 Å². The Bertz CT molecular complexity index is 114. The van der Waals surface area contributed by atoms with Gasteiger partial charge in [0.1, 0.15) is 0 Å². The maximum atomic E-state index is 5.48. The van der Waals surface area contributed by atoms with E-state index in [4.69, 9.17) is 5.73 Å². The number of allylic oxidation sites excluding steroid dienone is 2. The smallest absolute Gasteiger partial charge is 0.0240 e. The molecular formula is C7H14N2. The van der Waals surface area contributed by atoms with Gasteiger partial charge < -0.3 is 11.1 Å². The Labute approximate surface area is 56.4 Å². The zero-order chi connectivity index (χ0) is 7.11. The lowest BCUT2D eigenvalue weighted by atomic mass is 10.4. The Hall–Kier alpha value is -0.920. The van der Waals surface area contributed by atoms with Crippen molar-refractivity contribution >= 4 is 0 Å². The van der Waals surface area contributed by atoms with Crippen LogP contribution >= 0.6 is 0 Å². The minimum absolute atomic E-state index is 0.869. The molecule has 2 nitrogen and oxygen atoms in total. The number of hydrogen-bond donors (Lipinski definition) is 2. The van der Waals surface area contributed by atoms with Crippen molar-refractivity contribution in [2.45, 2.75) is 20.3 Å². The fourth-order valence-corrected chi connectivity index (χ4v) is 0.353. The van der Waals surface area contributed by atoms with Crippen LogP contribution in [0.5, 0.6) is 0 Å². The second-order valence-electron chi connectivity index (χ2n) is 1.74. The molecule has 0 heterocycles. The molecule has 0 aliphatic carbocycles. The average molecular weight is 126 g/mol. The zero-order valence-electron chi connectivity index (χ0n) is 6.02. The molecule has 0 radical (unpaired) electrons. The highest BCUT2D eigenvalue weighted by Crippen LogP contribution is 1.85. The maximum Gasteiger partial charge on any atom is 0.0240 e. The van der Waals surface area contributed by atoms with Crippen LogP contribution in [0.2, 0.25) is 0 Å². The molecule has 0 amide bonds. The number of nitrogens with two attached hydrogens (primary N) is 1. The van der Waals surface area contributed by atoms with Gasteiger partial charge in [-0.1, -0.05) is 13.0 Å². The molecule has 0 aliphatic rings. The summed E-state index contributed by atoms with van der Waals surface area (Å²) in [4.78, 5) is 0. The Balaban J connectivity index is 3.43. The molecule has 0 aromatic carbocycles. The molecule has 0 unspecified atom stereocenters. The van der Waals surface area contributed by atoms with Gasteiger partial charge in [-0.2, -0.15) is 0 Å². The summed E-state index contributed by atoms with van der Waals surface area (Å²) in [5, 5.41) is 2.92. The van der Waals surface area contributed by atoms with Crippen molar-refractivity contribution in [3.63, 3.8) is 0 Å². The van der Waals surface area contributed by atoms with E-state index in [-0.39, 0.29) is 0 Å². The molecule has 0 rings (SSSR count). The van der Waals surface area contributed by atoms with Crippen LogP contribution in [0.15, 0.2) is 24.2 Å². The molecule has 0 saturated carbocycles. The first-order chi connectivity index (χ1) is 4.31. The van der Waals surface area contributed by atoms with Gasteiger partial charge in [0, 0.05) is 11.9 Å². The van der Waals surface area contributed by atoms with Crippen molar-refractivity contribution in [3.05, 3.63) is 24.2 Å². The van der Waals surface area contributed by atoms with E-state index in [0.717, 1.165) is 12.1 Å². The molecule has 0 bridgehead atoms. The van der Waals surface area contributed by atoms with E-state index in [1.165, 1.54) is 0 Å². The predicted molar refractivity (Wildman–Crippen MR) is 40.5 cm³/mol. The highest BCUT2D eigenvalue weighted by Gasteiger charge is 1.77. The van der Waals surface area contributed by atoms with E-state index in [1.54, 1.807) is 6.20 Å². The number of nitrogens with one attached hydrogen (secondary N) is 1. The third-order valence-electron chi connectivity index (χ3n) is 0.940. The molecule has 52 valence electrons. The summed E-state index contributed by atoms with van der Waals surface area (Å²) >= 11 is 0. The lowest BCUT2D eigenvalue weighted by molar-refractivity contribution is 1.02. The Kier molecular flexibility index (Phi) is 4.69. The standard InChI is InChI=1S/C7H14N2/c1-3-5-9-6-7(8)4-2/h3,5-6,9H,4,8H2,1-2H3/b5-3-,7-6-. The average Bonchev–Trinajstić information content (AvgIpc) is 1.89. The molecule has 9 heavy (non-hydrogen) atoms. The summed E-state index contributed by atoms with van der Waals surface area (Å²) in [5.74, 6) is 0. The van der Waals surface area contributed by atoms with Gasteiger partial charge >= 0.3 is 0 Å². The zero-order valence-corrected chi connectivity index (χ0v) is 6.02. The van der Waals surface area contributed by atoms with Crippen molar-refractivity contribution in [1.82, 2.24) is 5.32 Å². The van der Waals surface area contributed by atoms with E-state index in [1.807, 2.05) is 26.1 Å². The van der Waals surface area contributed by atoms with E-state index in [2.05, 4.69) is 5.32 Å². The molecule has 2 heteroatoms. The first kappa shape index (κ1) is 8.08. The largest absolute Gasteiger partial charge is 0.401 e. The fraction of sp³-hybridized carbons (Fsp3) is 0.429. The van der Waals surface area contributed by atoms with Gasteiger partial charge in [-0.3, -0.25) is 0 Å². The van der Waals surface area contributed by atoms with Crippen LogP contribution < -0.4 is 11.1 Å². The topological polar surface area (TPSA) is 38.0 Å². The second-order valence-corrected chi connectivity index (χ2v) is 1.74. The second kappa shape index (κ2) is 5.22. The van der Waals surface area contributed by atoms with Gasteiger partial charge in [0.05, 0.1) is 0 Å². The van der Waals surface area contributed by atoms with Gasteiger partial charge in [0.15, 0.2) is 0 Å². The van der Waals surface area contributed by atoms with Crippen molar-refractivity contribution in [2.24, 2.45) is 5.73 Å². The number of hydrogen-bond acceptors (Lipinski definition) is 2. The van der Waals surface area contributed by atoms with Gasteiger partial charge in [-0.15, -0.1) is 0 Å². The minimum atomic E-state index is 0.869. The van der Waals surface area contributed by atoms with Crippen LogP contribution in [0.1, 0.15) is 20.3 Å². The van der Waals surface area contributed by atoms with E-state index >= 15 is 0 Å². The Morgan fingerprint density at radius 1 is 1.67 bits per heavy atom. The van der Waals surface area contributed by atoms with Crippen LogP contribution in [0.3, 0.4) is 0 Å². The van der Waals surface area contributed by atoms with Gasteiger partial charge in [0.2, 0.25) is 0 Å². The van der Waals surface area contributed by atoms with E-state index in [0.29, 0.717) is 0 Å². The lowest BCUT2D eigenvalue weighted by Gasteiger charge is -1.93. The first-order valence-corrected chi connectivity index (χ1v) is 3.13. The Morgan fingerprint density at radius 3 is 2.78 bits per heavy atom. The van der Waals surface area contributed by atoms with Crippen LogP contribution in [0, 0.1) is 0 Å². The fourth-order valence-electron chi connectivity index (χ4n) is 0.353. The molecule has 0 spiro atoms. The normalized spacial score (nSPS) is 12.4. The Morgan fingerprint density at radius 2 is 2.33 bits per heavy atom. The summed E-state index contributed by atoms with van der Waals surface area (Å²) in [6, 6.07) is 0. The molecule has 0 aromatic rings. The van der Waals surface area contributed by atoms with Gasteiger partial charge in [-0.25, -0.2) is 0 Å². The van der Waals surface area contributed by atoms with Crippen LogP contribution in [-0.4, -0.2) is 0 Å². The third-order valence-corrected chi connectivity index (χ3v) is 0.940. The van der Waals surface area contributed by atoms with Crippen molar-refractivity contribution in [3.8, 4) is 0 Å². The molecule has 0 atom stereocenters. The summed E-state index contributed by atoms with van der Waals surface area (Å²) in [5.41, 5.74) is 6.35. The van der Waals surface area contributed by atoms with Crippen LogP contribution in [0.25, 0.3) is 0 Å². The van der Waals surface area contributed by atoms with Gasteiger partial charge in [-0.05, 0) is 19.5 Å². The quantitative estimate of drug-likeness (QED) is 0.598. The molecule has 0 fully saturated rings. The van der Waals surface area contributed by atoms with Gasteiger partial charge in [0.25, 0.3) is 0 Å². The van der Waals surface area contributed by atoms with Crippen molar-refractivity contribution in [2.75, 3.05) is 0 Å². The van der Waals surface area contributed by atoms with Crippen LogP contribution in [-0.2, 0) is 0 Å². The monoisotopic (exact) mass is 126 g/mol. The highest BCUT2D eigenvalue weighted by molar-refractivity contribution is 4.96. The molecular weight excluding hydrogens is 112 g/mol. The first-order valence-electron chi connectivity index (χ1n) is 3.13. The maximum absolute atomic E-state index is 5.48. The molecule has 3 N–H and O–H groups in total. The predicted octanol–water partition coefficient (Wildman–Crippen LogP) is 1.32. The number of rotatable bonds is 3. The van der Waals surface area contributed by atoms with E-state index < -0.39 is 0 Å². The highest BCUT2D eigenvalue weighted by atomic mass is 14.8. The SMILES string of the molecule is C/C=C\N/C=C(\N)CC. The molecule has 0 saturated heterocycles. The molecule has 0 aromatic heterocycles. The minimum Gasteiger partial charge on any atom is -0.401 e. The van der Waals surface area contributed by atoms with E-state index in [9.17, 15) is 0 Å².